The molecule has 12 heteroatoms. The van der Waals surface area contributed by atoms with Crippen molar-refractivity contribution in [1.82, 2.24) is 24.6 Å². The number of aryl methyl sites for hydroxylation is 1. The van der Waals surface area contributed by atoms with E-state index in [-0.39, 0.29) is 5.03 Å². The molecule has 5 rings (SSSR count). The topological polar surface area (TPSA) is 108 Å². The van der Waals surface area contributed by atoms with Crippen LogP contribution in [0.5, 0.6) is 0 Å². The first kappa shape index (κ1) is 24.5. The summed E-state index contributed by atoms with van der Waals surface area (Å²) in [4.78, 5) is 14.1. The van der Waals surface area contributed by atoms with Gasteiger partial charge < -0.3 is 20.4 Å². The summed E-state index contributed by atoms with van der Waals surface area (Å²) in [5.41, 5.74) is 3.23. The van der Waals surface area contributed by atoms with Crippen LogP contribution in [-0.2, 0) is 16.9 Å². The SMILES string of the molecule is CC(C)S(=O)(=O)c1nn(C)cc1Nc1nc(Nc2ccc(N3CCN(C)CC3)cc2)nc2ccsc12. The minimum atomic E-state index is -3.58. The number of sulfone groups is 1. The van der Waals surface area contributed by atoms with Crippen LogP contribution >= 0.6 is 11.3 Å². The number of piperazine rings is 1. The van der Waals surface area contributed by atoms with E-state index >= 15 is 0 Å². The molecular weight excluding hydrogens is 496 g/mol. The van der Waals surface area contributed by atoms with Gasteiger partial charge in [-0.25, -0.2) is 13.4 Å². The van der Waals surface area contributed by atoms with Crippen LogP contribution in [0.2, 0.25) is 0 Å². The molecule has 1 saturated heterocycles. The molecule has 1 fully saturated rings. The van der Waals surface area contributed by atoms with Gasteiger partial charge in [0.1, 0.15) is 0 Å². The zero-order valence-electron chi connectivity index (χ0n) is 20.8. The Kier molecular flexibility index (Phi) is 6.58. The molecule has 4 aromatic rings. The highest BCUT2D eigenvalue weighted by molar-refractivity contribution is 7.92. The second-order valence-corrected chi connectivity index (χ2v) is 12.6. The van der Waals surface area contributed by atoms with Crippen LogP contribution in [0, 0.1) is 0 Å². The van der Waals surface area contributed by atoms with E-state index in [2.05, 4.69) is 49.7 Å². The van der Waals surface area contributed by atoms with Crippen molar-refractivity contribution in [3.05, 3.63) is 41.9 Å². The van der Waals surface area contributed by atoms with Gasteiger partial charge in [0.25, 0.3) is 0 Å². The van der Waals surface area contributed by atoms with Crippen molar-refractivity contribution in [3.63, 3.8) is 0 Å². The number of benzene rings is 1. The van der Waals surface area contributed by atoms with Gasteiger partial charge in [0.05, 0.1) is 21.2 Å². The molecule has 10 nitrogen and oxygen atoms in total. The number of hydrogen-bond acceptors (Lipinski definition) is 10. The van der Waals surface area contributed by atoms with Crippen LogP contribution in [0.3, 0.4) is 0 Å². The van der Waals surface area contributed by atoms with Gasteiger partial charge in [0.2, 0.25) is 20.8 Å². The molecule has 3 aromatic heterocycles. The van der Waals surface area contributed by atoms with Gasteiger partial charge in [0, 0.05) is 50.8 Å². The van der Waals surface area contributed by atoms with E-state index in [4.69, 9.17) is 4.98 Å². The highest BCUT2D eigenvalue weighted by Gasteiger charge is 2.27. The molecule has 0 spiro atoms. The molecule has 0 radical (unpaired) electrons. The first-order valence-corrected chi connectivity index (χ1v) is 14.2. The minimum absolute atomic E-state index is 0.0114. The number of aromatic nitrogens is 4. The number of thiophene rings is 1. The normalized spacial score (nSPS) is 15.1. The van der Waals surface area contributed by atoms with Crippen LogP contribution in [0.1, 0.15) is 13.8 Å². The summed E-state index contributed by atoms with van der Waals surface area (Å²) >= 11 is 1.49. The second-order valence-electron chi connectivity index (χ2n) is 9.23. The molecule has 1 aliphatic rings. The zero-order valence-corrected chi connectivity index (χ0v) is 22.4. The number of nitrogens with one attached hydrogen (secondary N) is 2. The standard InChI is InChI=1S/C24H30N8O2S2/c1-16(2)36(33,34)23-20(15-31(4)29-23)26-22-21-19(9-14-35-21)27-24(28-22)25-17-5-7-18(8-6-17)32-12-10-30(3)11-13-32/h5-9,14-16H,10-13H2,1-4H3,(H2,25,26,27,28). The Morgan fingerprint density at radius 2 is 1.69 bits per heavy atom. The molecule has 0 amide bonds. The van der Waals surface area contributed by atoms with Gasteiger partial charge in [-0.3, -0.25) is 4.68 Å². The summed E-state index contributed by atoms with van der Waals surface area (Å²) in [7, 11) is 0.269. The van der Waals surface area contributed by atoms with Gasteiger partial charge in [0.15, 0.2) is 5.82 Å². The highest BCUT2D eigenvalue weighted by Crippen LogP contribution is 2.33. The van der Waals surface area contributed by atoms with Crippen molar-refractivity contribution in [1.29, 1.82) is 0 Å². The van der Waals surface area contributed by atoms with Crippen molar-refractivity contribution in [2.24, 2.45) is 7.05 Å². The second kappa shape index (κ2) is 9.68. The number of fused-ring (bicyclic) bond motifs is 1. The fraction of sp³-hybridized carbons (Fsp3) is 0.375. The summed E-state index contributed by atoms with van der Waals surface area (Å²) in [6.45, 7) is 7.43. The summed E-state index contributed by atoms with van der Waals surface area (Å²) in [5, 5.41) is 12.1. The van der Waals surface area contributed by atoms with Crippen molar-refractivity contribution in [2.45, 2.75) is 24.1 Å². The van der Waals surface area contributed by atoms with Crippen molar-refractivity contribution >= 4 is 60.2 Å². The number of anilines is 5. The third kappa shape index (κ3) is 4.88. The van der Waals surface area contributed by atoms with E-state index in [0.29, 0.717) is 17.5 Å². The van der Waals surface area contributed by atoms with Crippen molar-refractivity contribution in [3.8, 4) is 0 Å². The average molecular weight is 527 g/mol. The number of hydrogen-bond donors (Lipinski definition) is 2. The third-order valence-corrected chi connectivity index (χ3v) is 9.23. The van der Waals surface area contributed by atoms with Gasteiger partial charge in [-0.2, -0.15) is 10.1 Å². The Hall–Kier alpha value is -3.22. The Labute approximate surface area is 214 Å². The van der Waals surface area contributed by atoms with Gasteiger partial charge in [-0.05, 0) is 56.6 Å². The molecule has 0 atom stereocenters. The maximum absolute atomic E-state index is 12.9. The van der Waals surface area contributed by atoms with E-state index in [1.165, 1.54) is 21.7 Å². The zero-order chi connectivity index (χ0) is 25.4. The number of likely N-dealkylation sites (N-methyl/N-ethyl adjacent to an activating group) is 1. The fourth-order valence-corrected chi connectivity index (χ4v) is 5.94. The molecule has 190 valence electrons. The lowest BCUT2D eigenvalue weighted by Crippen LogP contribution is -2.44. The summed E-state index contributed by atoms with van der Waals surface area (Å²) < 4.78 is 28.1. The third-order valence-electron chi connectivity index (χ3n) is 6.23. The molecule has 1 aliphatic heterocycles. The maximum atomic E-state index is 12.9. The van der Waals surface area contributed by atoms with E-state index in [1.807, 2.05) is 23.6 Å². The van der Waals surface area contributed by atoms with E-state index in [9.17, 15) is 8.42 Å². The first-order chi connectivity index (χ1) is 17.2. The predicted molar refractivity (Wildman–Crippen MR) is 146 cm³/mol. The van der Waals surface area contributed by atoms with Crippen LogP contribution in [0.4, 0.5) is 28.8 Å². The fourth-order valence-electron chi connectivity index (χ4n) is 4.07. The smallest absolute Gasteiger partial charge is 0.229 e. The molecule has 4 heterocycles. The predicted octanol–water partition coefficient (Wildman–Crippen LogP) is 3.85. The summed E-state index contributed by atoms with van der Waals surface area (Å²) in [5.74, 6) is 0.952. The lowest BCUT2D eigenvalue weighted by atomic mass is 10.2. The Balaban J connectivity index is 1.41. The number of rotatable bonds is 7. The Bertz CT molecular complexity index is 1470. The van der Waals surface area contributed by atoms with Crippen LogP contribution in [-0.4, -0.2) is 71.5 Å². The largest absolute Gasteiger partial charge is 0.369 e. The van der Waals surface area contributed by atoms with Crippen molar-refractivity contribution < 1.29 is 8.42 Å². The van der Waals surface area contributed by atoms with E-state index < -0.39 is 15.1 Å². The minimum Gasteiger partial charge on any atom is -0.369 e. The monoisotopic (exact) mass is 526 g/mol. The maximum Gasteiger partial charge on any atom is 0.229 e. The molecule has 0 aliphatic carbocycles. The average Bonchev–Trinajstić information content (AvgIpc) is 3.47. The van der Waals surface area contributed by atoms with E-state index in [1.54, 1.807) is 27.1 Å². The van der Waals surface area contributed by atoms with Crippen LogP contribution in [0.15, 0.2) is 46.9 Å². The molecule has 1 aromatic carbocycles. The van der Waals surface area contributed by atoms with Crippen LogP contribution in [0.25, 0.3) is 10.2 Å². The molecule has 36 heavy (non-hydrogen) atoms. The lowest BCUT2D eigenvalue weighted by Gasteiger charge is -2.34. The van der Waals surface area contributed by atoms with Gasteiger partial charge in [-0.15, -0.1) is 11.3 Å². The summed E-state index contributed by atoms with van der Waals surface area (Å²) in [6.07, 6.45) is 1.65. The highest BCUT2D eigenvalue weighted by atomic mass is 32.2. The molecular formula is C24H30N8O2S2. The number of nitrogens with zero attached hydrogens (tertiary/aromatic N) is 6. The van der Waals surface area contributed by atoms with E-state index in [0.717, 1.165) is 42.1 Å². The molecule has 0 unspecified atom stereocenters. The van der Waals surface area contributed by atoms with Crippen molar-refractivity contribution in [2.75, 3.05) is 48.8 Å². The van der Waals surface area contributed by atoms with Gasteiger partial charge in [-0.1, -0.05) is 0 Å². The van der Waals surface area contributed by atoms with Crippen LogP contribution < -0.4 is 15.5 Å². The van der Waals surface area contributed by atoms with Gasteiger partial charge >= 0.3 is 0 Å². The summed E-state index contributed by atoms with van der Waals surface area (Å²) in [6, 6.07) is 10.2. The first-order valence-electron chi connectivity index (χ1n) is 11.8. The Morgan fingerprint density at radius 1 is 0.972 bits per heavy atom. The quantitative estimate of drug-likeness (QED) is 0.371. The molecule has 0 bridgehead atoms. The Morgan fingerprint density at radius 3 is 2.39 bits per heavy atom. The lowest BCUT2D eigenvalue weighted by molar-refractivity contribution is 0.313. The molecule has 0 saturated carbocycles. The molecule has 2 N–H and O–H groups in total.